The smallest absolute Gasteiger partial charge is 0.175 e. The van der Waals surface area contributed by atoms with E-state index in [0.717, 1.165) is 44.0 Å². The van der Waals surface area contributed by atoms with Crippen LogP contribution >= 0.6 is 12.2 Å². The van der Waals surface area contributed by atoms with Crippen molar-refractivity contribution in [2.24, 2.45) is 0 Å². The molecule has 0 aromatic heterocycles. The molecule has 1 aliphatic heterocycles. The number of hydrogen-bond acceptors (Lipinski definition) is 3. The SMILES string of the molecule is CCc1cccc(NC(=S)Nc2ccc(N3CCN(C)CC3)cc2)c1. The van der Waals surface area contributed by atoms with E-state index in [0.29, 0.717) is 5.11 Å². The molecule has 25 heavy (non-hydrogen) atoms. The molecule has 5 heteroatoms. The molecule has 1 saturated heterocycles. The number of aryl methyl sites for hydroxylation is 1. The summed E-state index contributed by atoms with van der Waals surface area (Å²) < 4.78 is 0. The highest BCUT2D eigenvalue weighted by molar-refractivity contribution is 7.80. The van der Waals surface area contributed by atoms with Gasteiger partial charge in [0.2, 0.25) is 0 Å². The van der Waals surface area contributed by atoms with Gasteiger partial charge >= 0.3 is 0 Å². The standard InChI is InChI=1S/C20H26N4S/c1-3-16-5-4-6-18(15-16)22-20(25)21-17-7-9-19(10-8-17)24-13-11-23(2)12-14-24/h4-10,15H,3,11-14H2,1-2H3,(H2,21,22,25). The Kier molecular flexibility index (Phi) is 5.89. The van der Waals surface area contributed by atoms with Gasteiger partial charge in [0.15, 0.2) is 5.11 Å². The van der Waals surface area contributed by atoms with Crippen molar-refractivity contribution < 1.29 is 0 Å². The van der Waals surface area contributed by atoms with Gasteiger partial charge in [-0.1, -0.05) is 19.1 Å². The van der Waals surface area contributed by atoms with Crippen molar-refractivity contribution in [2.45, 2.75) is 13.3 Å². The topological polar surface area (TPSA) is 30.5 Å². The number of hydrogen-bond donors (Lipinski definition) is 2. The molecule has 0 aliphatic carbocycles. The molecule has 4 nitrogen and oxygen atoms in total. The van der Waals surface area contributed by atoms with E-state index in [2.05, 4.69) is 76.9 Å². The number of likely N-dealkylation sites (N-methyl/N-ethyl adjacent to an activating group) is 1. The second-order valence-corrected chi connectivity index (χ2v) is 6.88. The zero-order valence-electron chi connectivity index (χ0n) is 15.0. The summed E-state index contributed by atoms with van der Waals surface area (Å²) in [5.74, 6) is 0. The normalized spacial score (nSPS) is 15.0. The monoisotopic (exact) mass is 354 g/mol. The zero-order valence-corrected chi connectivity index (χ0v) is 15.8. The molecule has 0 radical (unpaired) electrons. The van der Waals surface area contributed by atoms with Crippen molar-refractivity contribution in [3.8, 4) is 0 Å². The van der Waals surface area contributed by atoms with Gasteiger partial charge in [-0.05, 0) is 67.6 Å². The Bertz CT molecular complexity index is 706. The van der Waals surface area contributed by atoms with Crippen LogP contribution in [-0.4, -0.2) is 43.2 Å². The molecule has 1 fully saturated rings. The average molecular weight is 355 g/mol. The molecule has 0 amide bonds. The first-order chi connectivity index (χ1) is 12.1. The van der Waals surface area contributed by atoms with Gasteiger partial charge in [0.25, 0.3) is 0 Å². The van der Waals surface area contributed by atoms with Crippen LogP contribution < -0.4 is 15.5 Å². The summed E-state index contributed by atoms with van der Waals surface area (Å²) in [4.78, 5) is 4.79. The maximum atomic E-state index is 5.43. The Labute approximate surface area is 155 Å². The maximum absolute atomic E-state index is 5.43. The van der Waals surface area contributed by atoms with Gasteiger partial charge in [0.05, 0.1) is 0 Å². The summed E-state index contributed by atoms with van der Waals surface area (Å²) in [5.41, 5.74) is 4.59. The van der Waals surface area contributed by atoms with E-state index in [9.17, 15) is 0 Å². The minimum absolute atomic E-state index is 0.612. The van der Waals surface area contributed by atoms with Gasteiger partial charge in [-0.3, -0.25) is 0 Å². The lowest BCUT2D eigenvalue weighted by Gasteiger charge is -2.34. The van der Waals surface area contributed by atoms with Crippen LogP contribution in [0.15, 0.2) is 48.5 Å². The summed E-state index contributed by atoms with van der Waals surface area (Å²) >= 11 is 5.43. The first-order valence-electron chi connectivity index (χ1n) is 8.84. The summed E-state index contributed by atoms with van der Waals surface area (Å²) in [6.07, 6.45) is 1.02. The number of thiocarbonyl (C=S) groups is 1. The van der Waals surface area contributed by atoms with Gasteiger partial charge in [-0.25, -0.2) is 0 Å². The Morgan fingerprint density at radius 2 is 1.64 bits per heavy atom. The third-order valence-corrected chi connectivity index (χ3v) is 4.79. The highest BCUT2D eigenvalue weighted by Gasteiger charge is 2.13. The predicted octanol–water partition coefficient (Wildman–Crippen LogP) is 3.81. The molecule has 1 aliphatic rings. The summed E-state index contributed by atoms with van der Waals surface area (Å²) in [6, 6.07) is 16.8. The van der Waals surface area contributed by atoms with Crippen LogP contribution in [0.5, 0.6) is 0 Å². The van der Waals surface area contributed by atoms with Crippen LogP contribution in [0.3, 0.4) is 0 Å². The van der Waals surface area contributed by atoms with Gasteiger partial charge in [0, 0.05) is 43.2 Å². The minimum atomic E-state index is 0.612. The highest BCUT2D eigenvalue weighted by Crippen LogP contribution is 2.19. The van der Waals surface area contributed by atoms with Crippen molar-refractivity contribution in [3.63, 3.8) is 0 Å². The van der Waals surface area contributed by atoms with Crippen LogP contribution in [-0.2, 0) is 6.42 Å². The maximum Gasteiger partial charge on any atom is 0.175 e. The van der Waals surface area contributed by atoms with E-state index >= 15 is 0 Å². The number of nitrogens with one attached hydrogen (secondary N) is 2. The van der Waals surface area contributed by atoms with E-state index in [4.69, 9.17) is 12.2 Å². The fourth-order valence-corrected chi connectivity index (χ4v) is 3.22. The molecule has 132 valence electrons. The Morgan fingerprint density at radius 1 is 0.960 bits per heavy atom. The van der Waals surface area contributed by atoms with Crippen LogP contribution in [0.25, 0.3) is 0 Å². The quantitative estimate of drug-likeness (QED) is 0.816. The van der Waals surface area contributed by atoms with E-state index in [1.54, 1.807) is 0 Å². The molecule has 2 aromatic rings. The zero-order chi connectivity index (χ0) is 17.6. The number of anilines is 3. The minimum Gasteiger partial charge on any atom is -0.369 e. The first-order valence-corrected chi connectivity index (χ1v) is 9.25. The van der Waals surface area contributed by atoms with E-state index in [1.807, 2.05) is 6.07 Å². The molecule has 1 heterocycles. The fraction of sp³-hybridized carbons (Fsp3) is 0.350. The largest absolute Gasteiger partial charge is 0.369 e. The van der Waals surface area contributed by atoms with Gasteiger partial charge < -0.3 is 20.4 Å². The van der Waals surface area contributed by atoms with Crippen LogP contribution in [0.1, 0.15) is 12.5 Å². The second-order valence-electron chi connectivity index (χ2n) is 6.47. The molecular weight excluding hydrogens is 328 g/mol. The Balaban J connectivity index is 1.56. The van der Waals surface area contributed by atoms with Crippen molar-refractivity contribution in [1.29, 1.82) is 0 Å². The molecular formula is C20H26N4S. The van der Waals surface area contributed by atoms with Crippen molar-refractivity contribution in [3.05, 3.63) is 54.1 Å². The Hall–Kier alpha value is -2.11. The number of nitrogens with zero attached hydrogens (tertiary/aromatic N) is 2. The lowest BCUT2D eigenvalue weighted by molar-refractivity contribution is 0.313. The molecule has 2 aromatic carbocycles. The second kappa shape index (κ2) is 8.32. The lowest BCUT2D eigenvalue weighted by Crippen LogP contribution is -2.44. The van der Waals surface area contributed by atoms with Crippen LogP contribution in [0, 0.1) is 0 Å². The third kappa shape index (κ3) is 4.94. The third-order valence-electron chi connectivity index (χ3n) is 4.59. The Morgan fingerprint density at radius 3 is 2.32 bits per heavy atom. The summed E-state index contributed by atoms with van der Waals surface area (Å²) in [5, 5.41) is 7.12. The summed E-state index contributed by atoms with van der Waals surface area (Å²) in [7, 11) is 2.18. The van der Waals surface area contributed by atoms with Gasteiger partial charge in [-0.2, -0.15) is 0 Å². The molecule has 0 spiro atoms. The van der Waals surface area contributed by atoms with Crippen molar-refractivity contribution in [2.75, 3.05) is 48.8 Å². The average Bonchev–Trinajstić information content (AvgIpc) is 2.63. The number of rotatable bonds is 4. The van der Waals surface area contributed by atoms with E-state index < -0.39 is 0 Å². The molecule has 0 unspecified atom stereocenters. The predicted molar refractivity (Wildman–Crippen MR) is 112 cm³/mol. The molecule has 2 N–H and O–H groups in total. The molecule has 0 bridgehead atoms. The van der Waals surface area contributed by atoms with Gasteiger partial charge in [0.1, 0.15) is 0 Å². The number of benzene rings is 2. The van der Waals surface area contributed by atoms with E-state index in [1.165, 1.54) is 11.3 Å². The highest BCUT2D eigenvalue weighted by atomic mass is 32.1. The fourth-order valence-electron chi connectivity index (χ4n) is 2.98. The number of piperazine rings is 1. The molecule has 0 atom stereocenters. The lowest BCUT2D eigenvalue weighted by atomic mass is 10.1. The summed E-state index contributed by atoms with van der Waals surface area (Å²) in [6.45, 7) is 6.54. The van der Waals surface area contributed by atoms with Crippen molar-refractivity contribution >= 4 is 34.4 Å². The van der Waals surface area contributed by atoms with Crippen molar-refractivity contribution in [1.82, 2.24) is 4.90 Å². The molecule has 3 rings (SSSR count). The molecule has 0 saturated carbocycles. The first kappa shape index (κ1) is 17.7. The van der Waals surface area contributed by atoms with Crippen LogP contribution in [0.2, 0.25) is 0 Å². The van der Waals surface area contributed by atoms with E-state index in [-0.39, 0.29) is 0 Å². The van der Waals surface area contributed by atoms with Gasteiger partial charge in [-0.15, -0.1) is 0 Å². The van der Waals surface area contributed by atoms with Crippen LogP contribution in [0.4, 0.5) is 17.1 Å².